The largest absolute Gasteiger partial charge is 0.361 e. The molecule has 1 N–H and O–H groups in total. The number of H-pyrrole nitrogens is 1. The van der Waals surface area contributed by atoms with Gasteiger partial charge in [-0.15, -0.1) is 0 Å². The number of hydrogen-bond donors (Lipinski definition) is 1. The zero-order valence-corrected chi connectivity index (χ0v) is 14.4. The molecule has 0 spiro atoms. The Morgan fingerprint density at radius 1 is 1.16 bits per heavy atom. The molecule has 1 fully saturated rings. The molecule has 3 nitrogen and oxygen atoms in total. The van der Waals surface area contributed by atoms with Crippen LogP contribution in [0.5, 0.6) is 0 Å². The van der Waals surface area contributed by atoms with Crippen molar-refractivity contribution >= 4 is 28.4 Å². The summed E-state index contributed by atoms with van der Waals surface area (Å²) >= 11 is 6.14. The monoisotopic (exact) mass is 356 g/mol. The van der Waals surface area contributed by atoms with Crippen molar-refractivity contribution in [2.75, 3.05) is 13.1 Å². The van der Waals surface area contributed by atoms with Gasteiger partial charge in [0.05, 0.1) is 10.6 Å². The lowest BCUT2D eigenvalue weighted by molar-refractivity contribution is 0.0713. The SMILES string of the molecule is O=C(c1ccccc1Cl)N1CCC(c2c[nH]c3ccc(F)cc23)CC1. The Balaban J connectivity index is 1.50. The minimum Gasteiger partial charge on any atom is -0.361 e. The van der Waals surface area contributed by atoms with Gasteiger partial charge < -0.3 is 9.88 Å². The number of carbonyl (C=O) groups is 1. The molecule has 5 heteroatoms. The number of rotatable bonds is 2. The van der Waals surface area contributed by atoms with E-state index in [1.54, 1.807) is 24.3 Å². The summed E-state index contributed by atoms with van der Waals surface area (Å²) in [4.78, 5) is 17.7. The summed E-state index contributed by atoms with van der Waals surface area (Å²) in [7, 11) is 0. The van der Waals surface area contributed by atoms with Crippen LogP contribution in [0.3, 0.4) is 0 Å². The topological polar surface area (TPSA) is 36.1 Å². The second kappa shape index (κ2) is 6.52. The summed E-state index contributed by atoms with van der Waals surface area (Å²) in [6.07, 6.45) is 3.69. The van der Waals surface area contributed by atoms with Crippen molar-refractivity contribution in [3.05, 3.63) is 70.6 Å². The molecule has 0 unspecified atom stereocenters. The molecule has 4 rings (SSSR count). The maximum atomic E-state index is 13.6. The van der Waals surface area contributed by atoms with Crippen molar-refractivity contribution < 1.29 is 9.18 Å². The van der Waals surface area contributed by atoms with Crippen molar-refractivity contribution in [2.24, 2.45) is 0 Å². The predicted molar refractivity (Wildman–Crippen MR) is 97.6 cm³/mol. The molecule has 1 aliphatic rings. The Morgan fingerprint density at radius 3 is 2.68 bits per heavy atom. The molecule has 0 radical (unpaired) electrons. The smallest absolute Gasteiger partial charge is 0.255 e. The third-order valence-electron chi connectivity index (χ3n) is 5.00. The number of fused-ring (bicyclic) bond motifs is 1. The number of nitrogens with zero attached hydrogens (tertiary/aromatic N) is 1. The molecule has 0 saturated carbocycles. The number of likely N-dealkylation sites (tertiary alicyclic amines) is 1. The third-order valence-corrected chi connectivity index (χ3v) is 5.33. The van der Waals surface area contributed by atoms with Crippen LogP contribution in [0.25, 0.3) is 10.9 Å². The van der Waals surface area contributed by atoms with Gasteiger partial charge in [-0.3, -0.25) is 4.79 Å². The van der Waals surface area contributed by atoms with E-state index in [9.17, 15) is 9.18 Å². The van der Waals surface area contributed by atoms with E-state index in [1.165, 1.54) is 6.07 Å². The van der Waals surface area contributed by atoms with Gasteiger partial charge >= 0.3 is 0 Å². The highest BCUT2D eigenvalue weighted by molar-refractivity contribution is 6.33. The molecule has 0 bridgehead atoms. The molecule has 1 amide bonds. The number of benzene rings is 2. The standard InChI is InChI=1S/C20H18ClFN2O/c21-18-4-2-1-3-15(18)20(25)24-9-7-13(8-10-24)17-12-23-19-6-5-14(22)11-16(17)19/h1-6,11-13,23H,7-10H2. The minimum atomic E-state index is -0.223. The van der Waals surface area contributed by atoms with Crippen molar-refractivity contribution in [1.29, 1.82) is 0 Å². The van der Waals surface area contributed by atoms with Crippen LogP contribution in [0.2, 0.25) is 5.02 Å². The average Bonchev–Trinajstić information content (AvgIpc) is 3.05. The Labute approximate surface area is 150 Å². The first-order chi connectivity index (χ1) is 12.1. The summed E-state index contributed by atoms with van der Waals surface area (Å²) < 4.78 is 13.6. The average molecular weight is 357 g/mol. The van der Waals surface area contributed by atoms with E-state index in [2.05, 4.69) is 4.98 Å². The van der Waals surface area contributed by atoms with Gasteiger partial charge in [0.25, 0.3) is 5.91 Å². The normalized spacial score (nSPS) is 15.7. The van der Waals surface area contributed by atoms with E-state index in [-0.39, 0.29) is 11.7 Å². The Morgan fingerprint density at radius 2 is 1.92 bits per heavy atom. The number of halogens is 2. The van der Waals surface area contributed by atoms with E-state index >= 15 is 0 Å². The van der Waals surface area contributed by atoms with Crippen molar-refractivity contribution in [3.63, 3.8) is 0 Å². The summed E-state index contributed by atoms with van der Waals surface area (Å²) in [5.74, 6) is 0.0829. The van der Waals surface area contributed by atoms with Crippen LogP contribution >= 0.6 is 11.6 Å². The highest BCUT2D eigenvalue weighted by atomic mass is 35.5. The van der Waals surface area contributed by atoms with Crippen LogP contribution < -0.4 is 0 Å². The van der Waals surface area contributed by atoms with Gasteiger partial charge in [0.2, 0.25) is 0 Å². The third kappa shape index (κ3) is 3.02. The number of amides is 1. The zero-order chi connectivity index (χ0) is 17.4. The molecule has 1 aromatic heterocycles. The molecular weight excluding hydrogens is 339 g/mol. The van der Waals surface area contributed by atoms with Gasteiger partial charge in [0, 0.05) is 30.2 Å². The summed E-state index contributed by atoms with van der Waals surface area (Å²) in [6.45, 7) is 1.35. The number of piperidine rings is 1. The van der Waals surface area contributed by atoms with Gasteiger partial charge in [-0.25, -0.2) is 4.39 Å². The Bertz CT molecular complexity index is 928. The van der Waals surface area contributed by atoms with E-state index < -0.39 is 0 Å². The Kier molecular flexibility index (Phi) is 4.22. The number of nitrogens with one attached hydrogen (secondary N) is 1. The van der Waals surface area contributed by atoms with E-state index in [1.807, 2.05) is 23.2 Å². The fraction of sp³-hybridized carbons (Fsp3) is 0.250. The van der Waals surface area contributed by atoms with Gasteiger partial charge in [0.1, 0.15) is 5.82 Å². The molecule has 1 aliphatic heterocycles. The second-order valence-corrected chi connectivity index (χ2v) is 6.89. The lowest BCUT2D eigenvalue weighted by Gasteiger charge is -2.32. The number of hydrogen-bond acceptors (Lipinski definition) is 1. The zero-order valence-electron chi connectivity index (χ0n) is 13.6. The first-order valence-electron chi connectivity index (χ1n) is 8.44. The van der Waals surface area contributed by atoms with Crippen LogP contribution in [0, 0.1) is 5.82 Å². The molecule has 128 valence electrons. The highest BCUT2D eigenvalue weighted by Crippen LogP contribution is 2.34. The molecule has 0 atom stereocenters. The van der Waals surface area contributed by atoms with Crippen LogP contribution in [-0.2, 0) is 0 Å². The summed E-state index contributed by atoms with van der Waals surface area (Å²) in [5, 5.41) is 1.43. The lowest BCUT2D eigenvalue weighted by atomic mass is 9.89. The number of aromatic amines is 1. The van der Waals surface area contributed by atoms with Crippen LogP contribution in [0.15, 0.2) is 48.7 Å². The highest BCUT2D eigenvalue weighted by Gasteiger charge is 2.26. The quantitative estimate of drug-likeness (QED) is 0.690. The van der Waals surface area contributed by atoms with Crippen molar-refractivity contribution in [1.82, 2.24) is 9.88 Å². The number of carbonyl (C=O) groups excluding carboxylic acids is 1. The molecule has 1 saturated heterocycles. The van der Waals surface area contributed by atoms with E-state index in [0.717, 1.165) is 29.3 Å². The molecule has 0 aliphatic carbocycles. The van der Waals surface area contributed by atoms with Crippen LogP contribution in [0.1, 0.15) is 34.7 Å². The molecule has 25 heavy (non-hydrogen) atoms. The van der Waals surface area contributed by atoms with Gasteiger partial charge in [-0.2, -0.15) is 0 Å². The minimum absolute atomic E-state index is 0.0194. The summed E-state index contributed by atoms with van der Waals surface area (Å²) in [6, 6.07) is 12.0. The maximum absolute atomic E-state index is 13.6. The maximum Gasteiger partial charge on any atom is 0.255 e. The lowest BCUT2D eigenvalue weighted by Crippen LogP contribution is -2.38. The number of aromatic nitrogens is 1. The molecule has 3 aromatic rings. The van der Waals surface area contributed by atoms with E-state index in [4.69, 9.17) is 11.6 Å². The van der Waals surface area contributed by atoms with Crippen LogP contribution in [-0.4, -0.2) is 28.9 Å². The van der Waals surface area contributed by atoms with E-state index in [0.29, 0.717) is 29.6 Å². The van der Waals surface area contributed by atoms with Gasteiger partial charge in [-0.05, 0) is 54.7 Å². The first kappa shape index (κ1) is 16.2. The van der Waals surface area contributed by atoms with Gasteiger partial charge in [-0.1, -0.05) is 23.7 Å². The van der Waals surface area contributed by atoms with Crippen molar-refractivity contribution in [3.8, 4) is 0 Å². The first-order valence-corrected chi connectivity index (χ1v) is 8.81. The van der Waals surface area contributed by atoms with Gasteiger partial charge in [0.15, 0.2) is 0 Å². The predicted octanol–water partition coefficient (Wildman–Crippen LogP) is 4.98. The van der Waals surface area contributed by atoms with Crippen LogP contribution in [0.4, 0.5) is 4.39 Å². The fourth-order valence-electron chi connectivity index (χ4n) is 3.65. The second-order valence-electron chi connectivity index (χ2n) is 6.48. The molecule has 2 aromatic carbocycles. The fourth-order valence-corrected chi connectivity index (χ4v) is 3.87. The Hall–Kier alpha value is -2.33. The van der Waals surface area contributed by atoms with Crippen molar-refractivity contribution in [2.45, 2.75) is 18.8 Å². The molecule has 2 heterocycles. The summed E-state index contributed by atoms with van der Waals surface area (Å²) in [5.41, 5.74) is 2.64. The molecular formula is C20H18ClFN2O.